The van der Waals surface area contributed by atoms with Crippen LogP contribution in [0.5, 0.6) is 0 Å². The van der Waals surface area contributed by atoms with Crippen molar-refractivity contribution in [2.24, 2.45) is 13.0 Å². The molecule has 148 valence electrons. The lowest BCUT2D eigenvalue weighted by Gasteiger charge is -2.17. The molecule has 2 amide bonds. The molecule has 8 nitrogen and oxygen atoms in total. The Hall–Kier alpha value is -2.16. The van der Waals surface area contributed by atoms with Crippen molar-refractivity contribution < 1.29 is 9.59 Å². The van der Waals surface area contributed by atoms with Crippen LogP contribution in [0, 0.1) is 5.92 Å². The third-order valence-corrected chi connectivity index (χ3v) is 4.34. The largest absolute Gasteiger partial charge is 0.354 e. The zero-order valence-corrected chi connectivity index (χ0v) is 16.6. The van der Waals surface area contributed by atoms with Crippen molar-refractivity contribution >= 4 is 36.6 Å². The monoisotopic (exact) mass is 414 g/mol. The van der Waals surface area contributed by atoms with Crippen molar-refractivity contribution in [1.29, 1.82) is 0 Å². The zero-order chi connectivity index (χ0) is 17.6. The third kappa shape index (κ3) is 5.92. The van der Waals surface area contributed by atoms with Gasteiger partial charge >= 0.3 is 0 Å². The van der Waals surface area contributed by atoms with Crippen molar-refractivity contribution in [3.05, 3.63) is 48.0 Å². The second-order valence-electron chi connectivity index (χ2n) is 6.11. The van der Waals surface area contributed by atoms with Gasteiger partial charge in [0.15, 0.2) is 0 Å². The van der Waals surface area contributed by atoms with Gasteiger partial charge in [0.25, 0.3) is 5.91 Å². The van der Waals surface area contributed by atoms with Gasteiger partial charge in [-0.2, -0.15) is 5.10 Å². The molecule has 0 bridgehead atoms. The van der Waals surface area contributed by atoms with Crippen LogP contribution in [0.15, 0.2) is 36.9 Å². The van der Waals surface area contributed by atoms with Gasteiger partial charge in [-0.15, -0.1) is 24.8 Å². The van der Waals surface area contributed by atoms with Crippen LogP contribution < -0.4 is 16.0 Å². The Bertz CT molecular complexity index is 740. The van der Waals surface area contributed by atoms with Gasteiger partial charge in [-0.3, -0.25) is 19.3 Å². The summed E-state index contributed by atoms with van der Waals surface area (Å²) >= 11 is 0. The highest BCUT2D eigenvalue weighted by Gasteiger charge is 2.34. The molecule has 0 radical (unpaired) electrons. The molecule has 3 heterocycles. The Labute approximate surface area is 170 Å². The minimum Gasteiger partial charge on any atom is -0.354 e. The number of pyridine rings is 1. The van der Waals surface area contributed by atoms with Gasteiger partial charge in [0, 0.05) is 57.7 Å². The number of rotatable bonds is 6. The molecule has 27 heavy (non-hydrogen) atoms. The van der Waals surface area contributed by atoms with Gasteiger partial charge < -0.3 is 16.0 Å². The van der Waals surface area contributed by atoms with Gasteiger partial charge in [-0.25, -0.2) is 0 Å². The molecule has 1 fully saturated rings. The molecule has 2 aromatic heterocycles. The van der Waals surface area contributed by atoms with Crippen molar-refractivity contribution in [3.8, 4) is 0 Å². The number of nitrogens with one attached hydrogen (secondary N) is 3. The minimum absolute atomic E-state index is 0. The fourth-order valence-corrected chi connectivity index (χ4v) is 3.03. The topological polar surface area (TPSA) is 101 Å². The maximum absolute atomic E-state index is 12.4. The van der Waals surface area contributed by atoms with E-state index in [0.717, 1.165) is 12.1 Å². The van der Waals surface area contributed by atoms with E-state index < -0.39 is 0 Å². The van der Waals surface area contributed by atoms with Crippen LogP contribution >= 0.6 is 24.8 Å². The number of amides is 2. The van der Waals surface area contributed by atoms with Crippen LogP contribution in [0.1, 0.15) is 21.8 Å². The first-order valence-electron chi connectivity index (χ1n) is 8.30. The summed E-state index contributed by atoms with van der Waals surface area (Å²) in [6.45, 7) is 2.17. The Morgan fingerprint density at radius 3 is 2.67 bits per heavy atom. The van der Waals surface area contributed by atoms with Crippen LogP contribution in [0.25, 0.3) is 0 Å². The normalized spacial score (nSPS) is 18.1. The van der Waals surface area contributed by atoms with Gasteiger partial charge in [0.1, 0.15) is 0 Å². The van der Waals surface area contributed by atoms with Crippen molar-refractivity contribution in [2.45, 2.75) is 5.92 Å². The molecule has 2 atom stereocenters. The lowest BCUT2D eigenvalue weighted by molar-refractivity contribution is -0.124. The number of aryl methyl sites for hydroxylation is 1. The fraction of sp³-hybridized carbons (Fsp3) is 0.412. The molecule has 1 aliphatic heterocycles. The first-order chi connectivity index (χ1) is 12.1. The van der Waals surface area contributed by atoms with E-state index in [1.54, 1.807) is 23.0 Å². The summed E-state index contributed by atoms with van der Waals surface area (Å²) in [5.41, 5.74) is 1.57. The zero-order valence-electron chi connectivity index (χ0n) is 14.9. The number of nitrogens with zero attached hydrogens (tertiary/aromatic N) is 3. The molecular formula is C17H24Cl2N6O2. The predicted octanol–water partition coefficient (Wildman–Crippen LogP) is 0.508. The van der Waals surface area contributed by atoms with Gasteiger partial charge in [0.05, 0.1) is 17.7 Å². The molecule has 3 N–H and O–H groups in total. The molecule has 3 rings (SSSR count). The van der Waals surface area contributed by atoms with E-state index in [9.17, 15) is 9.59 Å². The molecule has 0 unspecified atom stereocenters. The predicted molar refractivity (Wildman–Crippen MR) is 106 cm³/mol. The van der Waals surface area contributed by atoms with Crippen molar-refractivity contribution in [2.75, 3.05) is 26.2 Å². The molecular weight excluding hydrogens is 391 g/mol. The molecule has 0 spiro atoms. The number of aromatic nitrogens is 3. The Kier molecular flexibility index (Phi) is 9.20. The molecule has 1 saturated heterocycles. The molecule has 0 aliphatic carbocycles. The lowest BCUT2D eigenvalue weighted by Crippen LogP contribution is -2.39. The highest BCUT2D eigenvalue weighted by atomic mass is 35.5. The number of hydrogen-bond donors (Lipinski definition) is 3. The number of halogens is 2. The van der Waals surface area contributed by atoms with E-state index in [2.05, 4.69) is 26.0 Å². The maximum atomic E-state index is 12.4. The van der Waals surface area contributed by atoms with Crippen LogP contribution in [0.2, 0.25) is 0 Å². The Balaban J connectivity index is 0.00000182. The number of carbonyl (C=O) groups excluding carboxylic acids is 2. The summed E-state index contributed by atoms with van der Waals surface area (Å²) in [5.74, 6) is -0.204. The van der Waals surface area contributed by atoms with E-state index in [0.29, 0.717) is 25.2 Å². The SMILES string of the molecule is Cl.Cl.Cn1cc([C@H]2CNC[C@@H]2C(=O)NCCNC(=O)c2cccnc2)cn1. The Morgan fingerprint density at radius 2 is 2.00 bits per heavy atom. The second-order valence-corrected chi connectivity index (χ2v) is 6.11. The maximum Gasteiger partial charge on any atom is 0.252 e. The van der Waals surface area contributed by atoms with E-state index in [1.807, 2.05) is 19.4 Å². The number of hydrogen-bond acceptors (Lipinski definition) is 5. The van der Waals surface area contributed by atoms with E-state index >= 15 is 0 Å². The smallest absolute Gasteiger partial charge is 0.252 e. The minimum atomic E-state index is -0.196. The van der Waals surface area contributed by atoms with Gasteiger partial charge in [-0.05, 0) is 17.7 Å². The van der Waals surface area contributed by atoms with Crippen LogP contribution in [-0.2, 0) is 11.8 Å². The van der Waals surface area contributed by atoms with Crippen LogP contribution in [0.4, 0.5) is 0 Å². The summed E-state index contributed by atoms with van der Waals surface area (Å²) < 4.78 is 1.75. The van der Waals surface area contributed by atoms with E-state index in [4.69, 9.17) is 0 Å². The van der Waals surface area contributed by atoms with Crippen molar-refractivity contribution in [3.63, 3.8) is 0 Å². The summed E-state index contributed by atoms with van der Waals surface area (Å²) in [7, 11) is 1.87. The summed E-state index contributed by atoms with van der Waals surface area (Å²) in [5, 5.41) is 13.1. The third-order valence-electron chi connectivity index (χ3n) is 4.34. The van der Waals surface area contributed by atoms with Crippen molar-refractivity contribution in [1.82, 2.24) is 30.7 Å². The highest BCUT2D eigenvalue weighted by molar-refractivity contribution is 5.93. The van der Waals surface area contributed by atoms with Crippen LogP contribution in [-0.4, -0.2) is 52.8 Å². The molecule has 10 heteroatoms. The summed E-state index contributed by atoms with van der Waals surface area (Å²) in [6, 6.07) is 3.41. The first kappa shape index (κ1) is 22.9. The molecule has 0 aromatic carbocycles. The Morgan fingerprint density at radius 1 is 1.22 bits per heavy atom. The highest BCUT2D eigenvalue weighted by Crippen LogP contribution is 2.27. The first-order valence-corrected chi connectivity index (χ1v) is 8.30. The summed E-state index contributed by atoms with van der Waals surface area (Å²) in [6.07, 6.45) is 6.89. The fourth-order valence-electron chi connectivity index (χ4n) is 3.03. The van der Waals surface area contributed by atoms with Gasteiger partial charge in [-0.1, -0.05) is 0 Å². The standard InChI is InChI=1S/C17H22N6O2.2ClH/c1-23-11-13(8-22-23)14-9-19-10-15(14)17(25)21-6-5-20-16(24)12-3-2-4-18-7-12;;/h2-4,7-8,11,14-15,19H,5-6,9-10H2,1H3,(H,20,24)(H,21,25);2*1H/t14-,15+;;/m1../s1. The quantitative estimate of drug-likeness (QED) is 0.597. The average molecular weight is 415 g/mol. The molecule has 0 saturated carbocycles. The second kappa shape index (κ2) is 10.9. The molecule has 2 aromatic rings. The number of carbonyl (C=O) groups is 2. The average Bonchev–Trinajstić information content (AvgIpc) is 3.27. The lowest BCUT2D eigenvalue weighted by atomic mass is 9.90. The van der Waals surface area contributed by atoms with Gasteiger partial charge in [0.2, 0.25) is 5.91 Å². The van der Waals surface area contributed by atoms with Crippen LogP contribution in [0.3, 0.4) is 0 Å². The van der Waals surface area contributed by atoms with E-state index in [1.165, 1.54) is 6.20 Å². The molecule has 1 aliphatic rings. The van der Waals surface area contributed by atoms with E-state index in [-0.39, 0.29) is 48.5 Å². The summed E-state index contributed by atoms with van der Waals surface area (Å²) in [4.78, 5) is 28.3.